The summed E-state index contributed by atoms with van der Waals surface area (Å²) < 4.78 is 12.3. The van der Waals surface area contributed by atoms with Crippen molar-refractivity contribution in [1.82, 2.24) is 15.5 Å². The molecule has 0 aliphatic carbocycles. The van der Waals surface area contributed by atoms with Gasteiger partial charge in [-0.1, -0.05) is 61.0 Å². The fraction of sp³-hybridized carbons (Fsp3) is 0.400. The average molecular weight is 872 g/mol. The largest absolute Gasteiger partial charge is 0.492 e. The van der Waals surface area contributed by atoms with Crippen LogP contribution in [0.2, 0.25) is 0 Å². The van der Waals surface area contributed by atoms with Crippen LogP contribution in [0.15, 0.2) is 84.9 Å². The van der Waals surface area contributed by atoms with E-state index < -0.39 is 53.5 Å². The van der Waals surface area contributed by atoms with E-state index in [2.05, 4.69) is 16.7 Å². The van der Waals surface area contributed by atoms with E-state index in [4.69, 9.17) is 26.7 Å². The summed E-state index contributed by atoms with van der Waals surface area (Å²) >= 11 is 0. The highest BCUT2D eigenvalue weighted by Gasteiger charge is 2.36. The van der Waals surface area contributed by atoms with Gasteiger partial charge in [0.15, 0.2) is 11.6 Å². The Morgan fingerprint density at radius 2 is 1.45 bits per heavy atom. The van der Waals surface area contributed by atoms with Crippen LogP contribution < -0.4 is 37.3 Å². The minimum atomic E-state index is -1.23. The third-order valence-corrected chi connectivity index (χ3v) is 11.4. The maximum absolute atomic E-state index is 14.8. The SMILES string of the molecule is Cc1ccc(-c2ccc(C(=O)NC(CCCCN)C(=O)N(C)C3C(=O)CC(C)C(=O)NC(C(=O)CC(C)C#N)Cc4ccc(OCCN)c(c4)-c4cc3ccc4OCCN)cc2)cc1. The zero-order valence-electron chi connectivity index (χ0n) is 37.2. The number of carbonyl (C=O) groups excluding carboxylic acids is 5. The van der Waals surface area contributed by atoms with Crippen LogP contribution in [0.1, 0.15) is 79.0 Å². The van der Waals surface area contributed by atoms with Gasteiger partial charge in [0.2, 0.25) is 11.8 Å². The smallest absolute Gasteiger partial charge is 0.251 e. The molecule has 64 heavy (non-hydrogen) atoms. The van der Waals surface area contributed by atoms with Gasteiger partial charge in [0.25, 0.3) is 5.91 Å². The minimum Gasteiger partial charge on any atom is -0.492 e. The van der Waals surface area contributed by atoms with E-state index in [1.807, 2.05) is 49.4 Å². The monoisotopic (exact) mass is 871 g/mol. The predicted molar refractivity (Wildman–Crippen MR) is 246 cm³/mol. The summed E-state index contributed by atoms with van der Waals surface area (Å²) in [6.45, 7) is 6.41. The molecule has 1 heterocycles. The van der Waals surface area contributed by atoms with Gasteiger partial charge in [0.1, 0.15) is 36.8 Å². The molecule has 3 amide bonds. The molecule has 4 aromatic carbocycles. The Kier molecular flexibility index (Phi) is 17.7. The molecule has 338 valence electrons. The third-order valence-electron chi connectivity index (χ3n) is 11.4. The number of hydrogen-bond donors (Lipinski definition) is 5. The lowest BCUT2D eigenvalue weighted by atomic mass is 9.88. The molecular weight excluding hydrogens is 811 g/mol. The topological polar surface area (TPSA) is 233 Å². The zero-order chi connectivity index (χ0) is 46.3. The molecule has 5 rings (SSSR count). The molecule has 5 unspecified atom stereocenters. The molecule has 1 aliphatic heterocycles. The predicted octanol–water partition coefficient (Wildman–Crippen LogP) is 5.19. The van der Waals surface area contributed by atoms with E-state index in [0.29, 0.717) is 58.7 Å². The van der Waals surface area contributed by atoms with Gasteiger partial charge in [-0.2, -0.15) is 5.26 Å². The number of likely N-dealkylation sites (N-methyl/N-ethyl adjacent to an activating group) is 1. The first kappa shape index (κ1) is 48.6. The number of ether oxygens (including phenoxy) is 2. The van der Waals surface area contributed by atoms with Crippen LogP contribution in [0.25, 0.3) is 22.3 Å². The van der Waals surface area contributed by atoms with Crippen molar-refractivity contribution in [3.8, 4) is 39.8 Å². The van der Waals surface area contributed by atoms with Crippen molar-refractivity contribution >= 4 is 29.3 Å². The highest BCUT2D eigenvalue weighted by molar-refractivity contribution is 6.00. The molecule has 14 nitrogen and oxygen atoms in total. The second-order valence-electron chi connectivity index (χ2n) is 16.5. The van der Waals surface area contributed by atoms with E-state index >= 15 is 0 Å². The van der Waals surface area contributed by atoms with E-state index in [0.717, 1.165) is 16.7 Å². The van der Waals surface area contributed by atoms with Crippen LogP contribution in [0.3, 0.4) is 0 Å². The van der Waals surface area contributed by atoms with Gasteiger partial charge in [-0.25, -0.2) is 0 Å². The summed E-state index contributed by atoms with van der Waals surface area (Å²) in [4.78, 5) is 72.3. The Hall–Kier alpha value is -6.40. The number of nitrogens with zero attached hydrogens (tertiary/aromatic N) is 2. The molecule has 0 saturated heterocycles. The Bertz CT molecular complexity index is 2310. The Morgan fingerprint density at radius 1 is 0.844 bits per heavy atom. The number of benzene rings is 4. The second kappa shape index (κ2) is 23.3. The minimum absolute atomic E-state index is 0.0882. The van der Waals surface area contributed by atoms with Crippen molar-refractivity contribution in [2.75, 3.05) is 39.9 Å². The molecular formula is C50H61N7O7. The van der Waals surface area contributed by atoms with Crippen molar-refractivity contribution in [3.63, 3.8) is 0 Å². The summed E-state index contributed by atoms with van der Waals surface area (Å²) in [5.74, 6) is -2.94. The van der Waals surface area contributed by atoms with Gasteiger partial charge < -0.3 is 42.2 Å². The number of ketones is 2. The van der Waals surface area contributed by atoms with Crippen LogP contribution in [-0.4, -0.2) is 86.2 Å². The summed E-state index contributed by atoms with van der Waals surface area (Å²) in [5, 5.41) is 15.3. The number of fused-ring (bicyclic) bond motifs is 5. The van der Waals surface area contributed by atoms with Gasteiger partial charge in [-0.05, 0) is 105 Å². The maximum atomic E-state index is 14.8. The first-order chi connectivity index (χ1) is 30.8. The number of nitrogens with two attached hydrogens (primary N) is 3. The first-order valence-electron chi connectivity index (χ1n) is 21.9. The van der Waals surface area contributed by atoms with E-state index in [1.165, 1.54) is 11.9 Å². The molecule has 0 aromatic heterocycles. The number of amides is 3. The third kappa shape index (κ3) is 12.6. The lowest BCUT2D eigenvalue weighted by molar-refractivity contribution is -0.141. The van der Waals surface area contributed by atoms with E-state index in [1.54, 1.807) is 56.3 Å². The van der Waals surface area contributed by atoms with Crippen molar-refractivity contribution in [3.05, 3.63) is 107 Å². The number of rotatable bonds is 18. The molecule has 8 N–H and O–H groups in total. The highest BCUT2D eigenvalue weighted by atomic mass is 16.5. The molecule has 0 radical (unpaired) electrons. The van der Waals surface area contributed by atoms with Crippen LogP contribution in [0, 0.1) is 30.1 Å². The Morgan fingerprint density at radius 3 is 2.06 bits per heavy atom. The number of unbranched alkanes of at least 4 members (excludes halogenated alkanes) is 1. The number of hydrogen-bond acceptors (Lipinski definition) is 11. The number of nitriles is 1. The Balaban J connectivity index is 1.59. The van der Waals surface area contributed by atoms with Gasteiger partial charge in [-0.15, -0.1) is 0 Å². The second-order valence-corrected chi connectivity index (χ2v) is 16.5. The summed E-state index contributed by atoms with van der Waals surface area (Å²) in [5.41, 5.74) is 23.2. The van der Waals surface area contributed by atoms with E-state index in [-0.39, 0.29) is 57.8 Å². The van der Waals surface area contributed by atoms with Crippen LogP contribution in [0.5, 0.6) is 11.5 Å². The van der Waals surface area contributed by atoms with Crippen molar-refractivity contribution in [1.29, 1.82) is 5.26 Å². The van der Waals surface area contributed by atoms with Crippen LogP contribution >= 0.6 is 0 Å². The molecule has 1 aliphatic rings. The van der Waals surface area contributed by atoms with Crippen molar-refractivity contribution < 1.29 is 33.4 Å². The number of nitrogens with one attached hydrogen (secondary N) is 2. The van der Waals surface area contributed by atoms with Gasteiger partial charge >= 0.3 is 0 Å². The molecule has 0 fully saturated rings. The maximum Gasteiger partial charge on any atom is 0.251 e. The van der Waals surface area contributed by atoms with Gasteiger partial charge in [0, 0.05) is 55.6 Å². The summed E-state index contributed by atoms with van der Waals surface area (Å²) in [7, 11) is 1.51. The van der Waals surface area contributed by atoms with Crippen molar-refractivity contribution in [2.45, 2.75) is 77.4 Å². The van der Waals surface area contributed by atoms with E-state index in [9.17, 15) is 29.2 Å². The molecule has 5 atom stereocenters. The number of Topliss-reactive ketones (excluding diaryl/α,β-unsaturated/α-hetero) is 2. The van der Waals surface area contributed by atoms with Crippen LogP contribution in [0.4, 0.5) is 0 Å². The lowest BCUT2D eigenvalue weighted by Gasteiger charge is -2.32. The van der Waals surface area contributed by atoms with Crippen molar-refractivity contribution in [2.24, 2.45) is 29.0 Å². The zero-order valence-corrected chi connectivity index (χ0v) is 37.2. The first-order valence-corrected chi connectivity index (χ1v) is 21.9. The molecule has 14 heteroatoms. The number of carbonyl (C=O) groups is 5. The average Bonchev–Trinajstić information content (AvgIpc) is 3.29. The molecule has 4 aromatic rings. The molecule has 4 bridgehead atoms. The fourth-order valence-corrected chi connectivity index (χ4v) is 7.77. The Labute approximate surface area is 375 Å². The fourth-order valence-electron chi connectivity index (χ4n) is 7.77. The lowest BCUT2D eigenvalue weighted by Crippen LogP contribution is -2.50. The number of aryl methyl sites for hydroxylation is 1. The van der Waals surface area contributed by atoms with Gasteiger partial charge in [-0.3, -0.25) is 24.0 Å². The summed E-state index contributed by atoms with van der Waals surface area (Å²) in [6, 6.07) is 24.5. The standard InChI is InChI=1S/C50H61N7O7/c1-31-8-11-35(12-9-31)36-13-15-37(16-14-36)49(61)55-41(7-5-6-20-51)50(62)57(4)47-38-17-19-46(64-24-22-53)40(29-38)39-27-34(10-18-45(39)63-23-21-52)28-42(43(58)25-32(2)30-54)56-48(60)33(3)26-44(47)59/h8-19,27,29,32-33,41-42,47H,5-7,20-26,28,51-53H2,1-4H3,(H,55,61)(H,56,60). The summed E-state index contributed by atoms with van der Waals surface area (Å²) in [6.07, 6.45) is 1.09. The van der Waals surface area contributed by atoms with Gasteiger partial charge in [0.05, 0.1) is 18.0 Å². The quantitative estimate of drug-likeness (QED) is 0.0817. The molecule has 0 spiro atoms. The van der Waals surface area contributed by atoms with Crippen LogP contribution in [-0.2, 0) is 25.6 Å². The highest BCUT2D eigenvalue weighted by Crippen LogP contribution is 2.41. The molecule has 0 saturated carbocycles. The normalized spacial score (nSPS) is 17.2.